The van der Waals surface area contributed by atoms with E-state index in [0.717, 1.165) is 10.1 Å². The van der Waals surface area contributed by atoms with Gasteiger partial charge >= 0.3 is 5.97 Å². The molecule has 3 nitrogen and oxygen atoms in total. The average Bonchev–Trinajstić information content (AvgIpc) is 2.70. The van der Waals surface area contributed by atoms with E-state index < -0.39 is 10.8 Å². The van der Waals surface area contributed by atoms with Crippen molar-refractivity contribution in [1.29, 1.82) is 0 Å². The van der Waals surface area contributed by atoms with Crippen molar-refractivity contribution in [3.63, 3.8) is 0 Å². The molecule has 0 aliphatic heterocycles. The molecule has 2 rings (SSSR count). The van der Waals surface area contributed by atoms with Crippen LogP contribution in [0.2, 0.25) is 0 Å². The van der Waals surface area contributed by atoms with Crippen LogP contribution in [0, 0.1) is 0 Å². The Balaban J connectivity index is 2.33. The van der Waals surface area contributed by atoms with E-state index in [1.807, 2.05) is 24.3 Å². The summed E-state index contributed by atoms with van der Waals surface area (Å²) in [5, 5.41) is 11.3. The standard InChI is InChI=1S/C12H9BrO3S/c13-9(5-11(14)15)12(16)8-6-17-10-4-2-1-3-7(8)10/h1-4,6,9H,5H2,(H,14,15). The molecular weight excluding hydrogens is 304 g/mol. The van der Waals surface area contributed by atoms with Gasteiger partial charge in [-0.2, -0.15) is 0 Å². The molecule has 0 spiro atoms. The third-order valence-electron chi connectivity index (χ3n) is 2.38. The lowest BCUT2D eigenvalue weighted by molar-refractivity contribution is -0.136. The number of rotatable bonds is 4. The second kappa shape index (κ2) is 4.98. The molecule has 88 valence electrons. The minimum atomic E-state index is -0.986. The largest absolute Gasteiger partial charge is 0.481 e. The van der Waals surface area contributed by atoms with Crippen LogP contribution in [0.15, 0.2) is 29.6 Å². The van der Waals surface area contributed by atoms with Crippen LogP contribution < -0.4 is 0 Å². The highest BCUT2D eigenvalue weighted by Crippen LogP contribution is 2.28. The van der Waals surface area contributed by atoms with Crippen molar-refractivity contribution in [1.82, 2.24) is 0 Å². The molecule has 1 unspecified atom stereocenters. The van der Waals surface area contributed by atoms with Gasteiger partial charge in [0.15, 0.2) is 5.78 Å². The molecule has 1 aromatic heterocycles. The Morgan fingerprint density at radius 3 is 2.76 bits per heavy atom. The minimum absolute atomic E-state index is 0.176. The zero-order valence-corrected chi connectivity index (χ0v) is 11.1. The van der Waals surface area contributed by atoms with Gasteiger partial charge in [-0.1, -0.05) is 34.1 Å². The van der Waals surface area contributed by atoms with Crippen LogP contribution in [0.4, 0.5) is 0 Å². The van der Waals surface area contributed by atoms with Crippen molar-refractivity contribution in [3.8, 4) is 0 Å². The van der Waals surface area contributed by atoms with Crippen LogP contribution in [0.25, 0.3) is 10.1 Å². The first-order chi connectivity index (χ1) is 8.09. The van der Waals surface area contributed by atoms with E-state index in [1.54, 1.807) is 5.38 Å². The molecule has 1 heterocycles. The molecule has 5 heteroatoms. The lowest BCUT2D eigenvalue weighted by atomic mass is 10.1. The van der Waals surface area contributed by atoms with Crippen LogP contribution in [-0.4, -0.2) is 21.7 Å². The summed E-state index contributed by atoms with van der Waals surface area (Å²) in [6, 6.07) is 7.60. The van der Waals surface area contributed by atoms with Gasteiger partial charge in [0.05, 0.1) is 11.2 Å². The van der Waals surface area contributed by atoms with Gasteiger partial charge in [-0.3, -0.25) is 9.59 Å². The summed E-state index contributed by atoms with van der Waals surface area (Å²) in [4.78, 5) is 22.0. The number of hydrogen-bond acceptors (Lipinski definition) is 3. The van der Waals surface area contributed by atoms with E-state index in [1.165, 1.54) is 11.3 Å². The first-order valence-corrected chi connectivity index (χ1v) is 6.75. The van der Waals surface area contributed by atoms with Gasteiger partial charge in [0, 0.05) is 21.0 Å². The Hall–Kier alpha value is -1.20. The molecule has 1 aromatic carbocycles. The van der Waals surface area contributed by atoms with Crippen molar-refractivity contribution in [2.24, 2.45) is 0 Å². The van der Waals surface area contributed by atoms with Crippen LogP contribution in [0.1, 0.15) is 16.8 Å². The fraction of sp³-hybridized carbons (Fsp3) is 0.167. The Morgan fingerprint density at radius 2 is 2.06 bits per heavy atom. The fourth-order valence-electron chi connectivity index (χ4n) is 1.58. The lowest BCUT2D eigenvalue weighted by Crippen LogP contribution is -2.17. The number of fused-ring (bicyclic) bond motifs is 1. The molecule has 17 heavy (non-hydrogen) atoms. The number of benzene rings is 1. The Bertz CT molecular complexity index is 576. The van der Waals surface area contributed by atoms with E-state index >= 15 is 0 Å². The first kappa shape index (κ1) is 12.3. The normalized spacial score (nSPS) is 12.5. The van der Waals surface area contributed by atoms with Gasteiger partial charge in [-0.25, -0.2) is 0 Å². The number of carbonyl (C=O) groups is 2. The smallest absolute Gasteiger partial charge is 0.304 e. The SMILES string of the molecule is O=C(O)CC(Br)C(=O)c1csc2ccccc12. The van der Waals surface area contributed by atoms with Gasteiger partial charge in [0.25, 0.3) is 0 Å². The second-order valence-corrected chi connectivity index (χ2v) is 5.59. The maximum Gasteiger partial charge on any atom is 0.304 e. The van der Waals surface area contributed by atoms with Gasteiger partial charge in [0.1, 0.15) is 0 Å². The summed E-state index contributed by atoms with van der Waals surface area (Å²) in [5.41, 5.74) is 0.591. The zero-order valence-electron chi connectivity index (χ0n) is 8.72. The van der Waals surface area contributed by atoms with E-state index in [9.17, 15) is 9.59 Å². The van der Waals surface area contributed by atoms with Crippen molar-refractivity contribution < 1.29 is 14.7 Å². The van der Waals surface area contributed by atoms with Gasteiger partial charge in [-0.05, 0) is 6.07 Å². The molecule has 0 fully saturated rings. The first-order valence-electron chi connectivity index (χ1n) is 4.96. The number of thiophene rings is 1. The fourth-order valence-corrected chi connectivity index (χ4v) is 3.06. The highest BCUT2D eigenvalue weighted by Gasteiger charge is 2.22. The van der Waals surface area contributed by atoms with Crippen molar-refractivity contribution in [2.45, 2.75) is 11.2 Å². The van der Waals surface area contributed by atoms with E-state index in [4.69, 9.17) is 5.11 Å². The van der Waals surface area contributed by atoms with Gasteiger partial charge in [-0.15, -0.1) is 11.3 Å². The molecular formula is C12H9BrO3S. The minimum Gasteiger partial charge on any atom is -0.481 e. The third kappa shape index (κ3) is 2.56. The molecule has 0 aliphatic carbocycles. The Morgan fingerprint density at radius 1 is 1.35 bits per heavy atom. The molecule has 0 amide bonds. The Labute approximate surface area is 110 Å². The van der Waals surface area contributed by atoms with Crippen molar-refractivity contribution in [2.75, 3.05) is 0 Å². The van der Waals surface area contributed by atoms with Gasteiger partial charge < -0.3 is 5.11 Å². The summed E-state index contributed by atoms with van der Waals surface area (Å²) in [6.07, 6.45) is -0.205. The summed E-state index contributed by atoms with van der Waals surface area (Å²) >= 11 is 4.61. The number of alkyl halides is 1. The average molecular weight is 313 g/mol. The molecule has 0 bridgehead atoms. The number of aliphatic carboxylic acids is 1. The molecule has 1 atom stereocenters. The molecule has 0 radical (unpaired) electrons. The van der Waals surface area contributed by atoms with Crippen LogP contribution in [-0.2, 0) is 4.79 Å². The number of ketones is 1. The van der Waals surface area contributed by atoms with Crippen LogP contribution >= 0.6 is 27.3 Å². The maximum absolute atomic E-state index is 12.1. The maximum atomic E-state index is 12.1. The highest BCUT2D eigenvalue weighted by molar-refractivity contribution is 9.10. The molecule has 1 N–H and O–H groups in total. The molecule has 2 aromatic rings. The van der Waals surface area contributed by atoms with E-state index in [0.29, 0.717) is 5.56 Å². The molecule has 0 saturated heterocycles. The summed E-state index contributed by atoms with van der Waals surface area (Å²) in [5.74, 6) is -1.16. The number of hydrogen-bond donors (Lipinski definition) is 1. The van der Waals surface area contributed by atoms with Crippen LogP contribution in [0.3, 0.4) is 0 Å². The lowest BCUT2D eigenvalue weighted by Gasteiger charge is -2.04. The van der Waals surface area contributed by atoms with Gasteiger partial charge in [0.2, 0.25) is 0 Å². The zero-order chi connectivity index (χ0) is 12.4. The number of Topliss-reactive ketones (excluding diaryl/α,β-unsaturated/α-hetero) is 1. The summed E-state index contributed by atoms with van der Waals surface area (Å²) in [7, 11) is 0. The monoisotopic (exact) mass is 312 g/mol. The van der Waals surface area contributed by atoms with Crippen molar-refractivity contribution in [3.05, 3.63) is 35.2 Å². The topological polar surface area (TPSA) is 54.4 Å². The quantitative estimate of drug-likeness (QED) is 0.696. The highest BCUT2D eigenvalue weighted by atomic mass is 79.9. The predicted octanol–water partition coefficient (Wildman–Crippen LogP) is 3.32. The summed E-state index contributed by atoms with van der Waals surface area (Å²) in [6.45, 7) is 0. The predicted molar refractivity (Wildman–Crippen MR) is 71.1 cm³/mol. The molecule has 0 saturated carbocycles. The number of carboxylic acids is 1. The second-order valence-electron chi connectivity index (χ2n) is 3.58. The number of carbonyl (C=O) groups excluding carboxylic acids is 1. The number of halogens is 1. The van der Waals surface area contributed by atoms with E-state index in [2.05, 4.69) is 15.9 Å². The summed E-state index contributed by atoms with van der Waals surface area (Å²) < 4.78 is 1.03. The van der Waals surface area contributed by atoms with Crippen LogP contribution in [0.5, 0.6) is 0 Å². The third-order valence-corrected chi connectivity index (χ3v) is 4.09. The number of carboxylic acid groups (broad SMARTS) is 1. The molecule has 0 aliphatic rings. The Kier molecular flexibility index (Phi) is 3.59. The van der Waals surface area contributed by atoms with Crippen molar-refractivity contribution >= 4 is 49.1 Å². The van der Waals surface area contributed by atoms with E-state index in [-0.39, 0.29) is 12.2 Å².